The lowest BCUT2D eigenvalue weighted by molar-refractivity contribution is 0.474. The molecule has 0 aliphatic rings. The van der Waals surface area contributed by atoms with E-state index in [4.69, 9.17) is 0 Å². The Labute approximate surface area is 130 Å². The third-order valence-electron chi connectivity index (χ3n) is 3.51. The molecule has 2 heteroatoms. The van der Waals surface area contributed by atoms with Crippen LogP contribution in [0.2, 0.25) is 0 Å². The molecule has 2 nitrogen and oxygen atoms in total. The standard InChI is InChI=1S/C20H17NO/c1-15-7-12-20(22)18(13-15)14-21-19-10-8-17(9-11-19)16-5-3-2-4-6-16/h2-14,22H,1H3. The van der Waals surface area contributed by atoms with Crippen LogP contribution in [0.25, 0.3) is 11.1 Å². The molecule has 0 saturated heterocycles. The van der Waals surface area contributed by atoms with Crippen LogP contribution in [0.15, 0.2) is 77.8 Å². The van der Waals surface area contributed by atoms with E-state index in [9.17, 15) is 5.11 Å². The third-order valence-corrected chi connectivity index (χ3v) is 3.51. The number of rotatable bonds is 3. The first kappa shape index (κ1) is 14.1. The van der Waals surface area contributed by atoms with Gasteiger partial charge in [0.2, 0.25) is 0 Å². The summed E-state index contributed by atoms with van der Waals surface area (Å²) in [6.45, 7) is 1.99. The van der Waals surface area contributed by atoms with Crippen molar-refractivity contribution >= 4 is 11.9 Å². The molecule has 0 fully saturated rings. The first-order valence-corrected chi connectivity index (χ1v) is 7.21. The Morgan fingerprint density at radius 2 is 1.50 bits per heavy atom. The highest BCUT2D eigenvalue weighted by atomic mass is 16.3. The number of phenolic OH excluding ortho intramolecular Hbond substituents is 1. The number of aliphatic imine (C=N–C) groups is 1. The highest BCUT2D eigenvalue weighted by Crippen LogP contribution is 2.23. The Bertz CT molecular complexity index is 790. The van der Waals surface area contributed by atoms with Crippen LogP contribution >= 0.6 is 0 Å². The first-order valence-electron chi connectivity index (χ1n) is 7.21. The lowest BCUT2D eigenvalue weighted by Gasteiger charge is -2.02. The lowest BCUT2D eigenvalue weighted by atomic mass is 10.1. The van der Waals surface area contributed by atoms with Crippen LogP contribution in [0.4, 0.5) is 5.69 Å². The smallest absolute Gasteiger partial charge is 0.124 e. The summed E-state index contributed by atoms with van der Waals surface area (Å²) in [6, 6.07) is 23.8. The molecule has 3 aromatic rings. The fraction of sp³-hybridized carbons (Fsp3) is 0.0500. The van der Waals surface area contributed by atoms with E-state index in [1.807, 2.05) is 49.4 Å². The van der Waals surface area contributed by atoms with Crippen LogP contribution < -0.4 is 0 Å². The van der Waals surface area contributed by atoms with Gasteiger partial charge in [0.1, 0.15) is 5.75 Å². The second kappa shape index (κ2) is 6.27. The van der Waals surface area contributed by atoms with E-state index in [-0.39, 0.29) is 5.75 Å². The van der Waals surface area contributed by atoms with Crippen molar-refractivity contribution in [1.29, 1.82) is 0 Å². The van der Waals surface area contributed by atoms with E-state index < -0.39 is 0 Å². The molecule has 0 saturated carbocycles. The maximum absolute atomic E-state index is 9.81. The van der Waals surface area contributed by atoms with Gasteiger partial charge >= 0.3 is 0 Å². The fourth-order valence-electron chi connectivity index (χ4n) is 2.29. The lowest BCUT2D eigenvalue weighted by Crippen LogP contribution is -1.84. The van der Waals surface area contributed by atoms with Gasteiger partial charge in [-0.15, -0.1) is 0 Å². The molecule has 0 radical (unpaired) electrons. The molecule has 22 heavy (non-hydrogen) atoms. The Balaban J connectivity index is 1.82. The molecule has 3 rings (SSSR count). The van der Waals surface area contributed by atoms with E-state index in [1.165, 1.54) is 5.56 Å². The number of aryl methyl sites for hydroxylation is 1. The van der Waals surface area contributed by atoms with Crippen LogP contribution in [0.5, 0.6) is 5.75 Å². The monoisotopic (exact) mass is 287 g/mol. The highest BCUT2D eigenvalue weighted by molar-refractivity contribution is 5.85. The topological polar surface area (TPSA) is 32.6 Å². The summed E-state index contributed by atoms with van der Waals surface area (Å²) in [4.78, 5) is 4.43. The average Bonchev–Trinajstić information content (AvgIpc) is 2.57. The van der Waals surface area contributed by atoms with Crippen molar-refractivity contribution in [1.82, 2.24) is 0 Å². The number of aromatic hydroxyl groups is 1. The Morgan fingerprint density at radius 3 is 2.23 bits per heavy atom. The molecule has 0 amide bonds. The molecular weight excluding hydrogens is 270 g/mol. The normalized spacial score (nSPS) is 11.0. The second-order valence-corrected chi connectivity index (χ2v) is 5.23. The number of nitrogens with zero attached hydrogens (tertiary/aromatic N) is 1. The van der Waals surface area contributed by atoms with Gasteiger partial charge in [0.05, 0.1) is 5.69 Å². The predicted octanol–water partition coefficient (Wildman–Crippen LogP) is 5.12. The Hall–Kier alpha value is -2.87. The summed E-state index contributed by atoms with van der Waals surface area (Å²) < 4.78 is 0. The van der Waals surface area contributed by atoms with Crippen molar-refractivity contribution in [3.63, 3.8) is 0 Å². The van der Waals surface area contributed by atoms with Crippen molar-refractivity contribution in [3.05, 3.63) is 83.9 Å². The Morgan fingerprint density at radius 1 is 0.818 bits per heavy atom. The van der Waals surface area contributed by atoms with Gasteiger partial charge in [-0.25, -0.2) is 0 Å². The van der Waals surface area contributed by atoms with E-state index in [0.29, 0.717) is 0 Å². The van der Waals surface area contributed by atoms with Gasteiger partial charge in [0.25, 0.3) is 0 Å². The number of benzene rings is 3. The summed E-state index contributed by atoms with van der Waals surface area (Å²) in [6.07, 6.45) is 1.69. The summed E-state index contributed by atoms with van der Waals surface area (Å²) in [5.41, 5.74) is 5.04. The van der Waals surface area contributed by atoms with Crippen molar-refractivity contribution in [2.24, 2.45) is 4.99 Å². The average molecular weight is 287 g/mol. The van der Waals surface area contributed by atoms with Gasteiger partial charge in [-0.05, 0) is 42.3 Å². The van der Waals surface area contributed by atoms with E-state index >= 15 is 0 Å². The van der Waals surface area contributed by atoms with Crippen molar-refractivity contribution in [3.8, 4) is 16.9 Å². The van der Waals surface area contributed by atoms with Crippen molar-refractivity contribution in [2.75, 3.05) is 0 Å². The van der Waals surface area contributed by atoms with E-state index in [1.54, 1.807) is 12.3 Å². The summed E-state index contributed by atoms with van der Waals surface area (Å²) in [5, 5.41) is 9.81. The van der Waals surface area contributed by atoms with Crippen LogP contribution in [-0.2, 0) is 0 Å². The third kappa shape index (κ3) is 3.23. The predicted molar refractivity (Wildman–Crippen MR) is 92.0 cm³/mol. The molecule has 0 unspecified atom stereocenters. The first-order chi connectivity index (χ1) is 10.7. The molecule has 0 spiro atoms. The van der Waals surface area contributed by atoms with Crippen LogP contribution in [0.1, 0.15) is 11.1 Å². The highest BCUT2D eigenvalue weighted by Gasteiger charge is 1.99. The van der Waals surface area contributed by atoms with Gasteiger partial charge in [0, 0.05) is 11.8 Å². The summed E-state index contributed by atoms with van der Waals surface area (Å²) in [7, 11) is 0. The van der Waals surface area contributed by atoms with Gasteiger partial charge in [0.15, 0.2) is 0 Å². The quantitative estimate of drug-likeness (QED) is 0.666. The van der Waals surface area contributed by atoms with E-state index in [2.05, 4.69) is 29.3 Å². The van der Waals surface area contributed by atoms with Gasteiger partial charge < -0.3 is 5.11 Å². The van der Waals surface area contributed by atoms with Crippen LogP contribution in [0, 0.1) is 6.92 Å². The fourth-order valence-corrected chi connectivity index (χ4v) is 2.29. The SMILES string of the molecule is Cc1ccc(O)c(C=Nc2ccc(-c3ccccc3)cc2)c1. The molecule has 0 heterocycles. The van der Waals surface area contributed by atoms with Crippen molar-refractivity contribution < 1.29 is 5.11 Å². The van der Waals surface area contributed by atoms with Crippen LogP contribution in [-0.4, -0.2) is 11.3 Å². The summed E-state index contributed by atoms with van der Waals surface area (Å²) in [5.74, 6) is 0.246. The minimum absolute atomic E-state index is 0.246. The number of hydrogen-bond acceptors (Lipinski definition) is 2. The molecule has 0 aliphatic carbocycles. The molecule has 0 atom stereocenters. The zero-order valence-electron chi connectivity index (χ0n) is 12.4. The Kier molecular flexibility index (Phi) is 4.01. The molecular formula is C20H17NO. The molecule has 1 N–H and O–H groups in total. The maximum Gasteiger partial charge on any atom is 0.124 e. The minimum atomic E-state index is 0.246. The maximum atomic E-state index is 9.81. The molecule has 3 aromatic carbocycles. The molecule has 108 valence electrons. The van der Waals surface area contributed by atoms with Gasteiger partial charge in [-0.2, -0.15) is 0 Å². The van der Waals surface area contributed by atoms with E-state index in [0.717, 1.165) is 22.4 Å². The van der Waals surface area contributed by atoms with Crippen molar-refractivity contribution in [2.45, 2.75) is 6.92 Å². The largest absolute Gasteiger partial charge is 0.507 e. The zero-order valence-corrected chi connectivity index (χ0v) is 12.4. The summed E-state index contributed by atoms with van der Waals surface area (Å²) >= 11 is 0. The zero-order chi connectivity index (χ0) is 15.4. The second-order valence-electron chi connectivity index (χ2n) is 5.23. The molecule has 0 bridgehead atoms. The minimum Gasteiger partial charge on any atom is -0.507 e. The number of phenols is 1. The van der Waals surface area contributed by atoms with Crippen LogP contribution in [0.3, 0.4) is 0 Å². The number of hydrogen-bond donors (Lipinski definition) is 1. The van der Waals surface area contributed by atoms with Gasteiger partial charge in [-0.3, -0.25) is 4.99 Å². The molecule has 0 aromatic heterocycles. The molecule has 0 aliphatic heterocycles. The van der Waals surface area contributed by atoms with Gasteiger partial charge in [-0.1, -0.05) is 54.1 Å².